The van der Waals surface area contributed by atoms with Crippen LogP contribution in [0.4, 0.5) is 26.3 Å². The lowest BCUT2D eigenvalue weighted by molar-refractivity contribution is -0.139. The van der Waals surface area contributed by atoms with E-state index in [1.54, 1.807) is 18.1 Å². The van der Waals surface area contributed by atoms with Crippen molar-refractivity contribution in [2.75, 3.05) is 19.6 Å². The van der Waals surface area contributed by atoms with Gasteiger partial charge in [0.2, 0.25) is 11.8 Å². The molecule has 4 bridgehead atoms. The fourth-order valence-electron chi connectivity index (χ4n) is 6.16. The Morgan fingerprint density at radius 3 is 2.49 bits per heavy atom. The molecule has 0 saturated carbocycles. The monoisotopic (exact) mass is 689 g/mol. The Kier molecular flexibility index (Phi) is 8.77. The van der Waals surface area contributed by atoms with Crippen LogP contribution in [-0.4, -0.2) is 62.0 Å². The van der Waals surface area contributed by atoms with Crippen LogP contribution in [0, 0.1) is 18.6 Å². The third-order valence-electron chi connectivity index (χ3n) is 8.54. The van der Waals surface area contributed by atoms with E-state index in [0.29, 0.717) is 15.7 Å². The summed E-state index contributed by atoms with van der Waals surface area (Å²) in [6.45, 7) is 1.46. The van der Waals surface area contributed by atoms with E-state index in [4.69, 9.17) is 4.74 Å². The average molecular weight is 690 g/mol. The maximum atomic E-state index is 15.7. The molecule has 1 saturated heterocycles. The number of carbonyl (C=O) groups is 2. The summed E-state index contributed by atoms with van der Waals surface area (Å²) in [6.07, 6.45) is -4.90. The minimum absolute atomic E-state index is 0.00167. The summed E-state index contributed by atoms with van der Waals surface area (Å²) in [5.74, 6) is -4.64. The summed E-state index contributed by atoms with van der Waals surface area (Å²) in [6, 6.07) is 2.69. The second kappa shape index (κ2) is 12.7. The summed E-state index contributed by atoms with van der Waals surface area (Å²) < 4.78 is 95.3. The number of carboxylic acid groups (broad SMARTS) is 1. The fourth-order valence-corrected chi connectivity index (χ4v) is 6.16. The number of aromatic nitrogens is 3. The smallest absolute Gasteiger partial charge is 0.416 e. The van der Waals surface area contributed by atoms with Gasteiger partial charge in [-0.25, -0.2) is 13.2 Å². The van der Waals surface area contributed by atoms with E-state index in [-0.39, 0.29) is 54.9 Å². The standard InChI is InChI=1S/C33H29F6N5O5/c1-16-7-18-8-22(29(16)36)26(11-28(46)47)40-31(48)30(21-9-20(3-4-25(21)35)49-32-23(18)15-42(2)41-32)44-12-17(5-6-43-13-19(34)14-43)24(10-27(44)45)33(37,38)39/h3-4,7-10,12,15,19,26,30H,5-6,11,13-14H2,1-2H3,(H,40,48)(H,46,47)/t26-,30+/m1/s1. The second-order valence-corrected chi connectivity index (χ2v) is 12.1. The number of hydrogen-bond acceptors (Lipinski definition) is 6. The van der Waals surface area contributed by atoms with Gasteiger partial charge in [0.15, 0.2) is 0 Å². The van der Waals surface area contributed by atoms with Crippen LogP contribution in [0.3, 0.4) is 0 Å². The molecule has 1 amide bonds. The van der Waals surface area contributed by atoms with Crippen molar-refractivity contribution in [1.82, 2.24) is 24.6 Å². The number of aryl methyl sites for hydroxylation is 2. The van der Waals surface area contributed by atoms with E-state index in [1.165, 1.54) is 29.8 Å². The predicted octanol–water partition coefficient (Wildman–Crippen LogP) is 5.08. The molecule has 0 unspecified atom stereocenters. The van der Waals surface area contributed by atoms with Gasteiger partial charge in [-0.3, -0.25) is 28.5 Å². The van der Waals surface area contributed by atoms with Crippen molar-refractivity contribution in [2.24, 2.45) is 7.05 Å². The maximum Gasteiger partial charge on any atom is 0.416 e. The van der Waals surface area contributed by atoms with Gasteiger partial charge in [0.25, 0.3) is 5.56 Å². The number of nitrogens with zero attached hydrogens (tertiary/aromatic N) is 4. The van der Waals surface area contributed by atoms with Crippen molar-refractivity contribution in [3.63, 3.8) is 0 Å². The molecular weight excluding hydrogens is 660 g/mol. The molecule has 16 heteroatoms. The summed E-state index contributed by atoms with van der Waals surface area (Å²) in [4.78, 5) is 41.2. The SMILES string of the molecule is Cc1cc2cc(c1F)[C@@H](CC(=O)O)NC(=O)[C@@H](n1cc(CCN3CC(F)C3)c(C(F)(F)F)cc1=O)c1cc(ccc1F)Oc1nn(C)cc1-2. The molecule has 2 atom stereocenters. The highest BCUT2D eigenvalue weighted by Crippen LogP contribution is 2.38. The van der Waals surface area contributed by atoms with Gasteiger partial charge in [0.05, 0.1) is 23.6 Å². The molecule has 10 nitrogen and oxygen atoms in total. The first-order valence-corrected chi connectivity index (χ1v) is 15.1. The number of alkyl halides is 4. The third kappa shape index (κ3) is 6.77. The summed E-state index contributed by atoms with van der Waals surface area (Å²) in [7, 11) is 1.59. The van der Waals surface area contributed by atoms with Crippen molar-refractivity contribution >= 4 is 11.9 Å². The highest BCUT2D eigenvalue weighted by Gasteiger charge is 2.38. The lowest BCUT2D eigenvalue weighted by atomic mass is 9.94. The molecule has 2 aromatic carbocycles. The van der Waals surface area contributed by atoms with Crippen molar-refractivity contribution in [3.05, 3.63) is 98.6 Å². The zero-order valence-electron chi connectivity index (χ0n) is 26.0. The average Bonchev–Trinajstić information content (AvgIpc) is 3.36. The first-order chi connectivity index (χ1) is 23.1. The van der Waals surface area contributed by atoms with E-state index < -0.39 is 76.6 Å². The number of ether oxygens (including phenoxy) is 1. The number of aliphatic carboxylic acids is 1. The number of halogens is 6. The molecule has 2 aromatic heterocycles. The van der Waals surface area contributed by atoms with Crippen LogP contribution in [0.15, 0.2) is 53.6 Å². The Balaban J connectivity index is 1.56. The molecule has 0 spiro atoms. The molecule has 0 radical (unpaired) electrons. The minimum Gasteiger partial charge on any atom is -0.481 e. The van der Waals surface area contributed by atoms with Crippen LogP contribution in [0.25, 0.3) is 11.1 Å². The Morgan fingerprint density at radius 2 is 1.82 bits per heavy atom. The number of rotatable bonds is 6. The zero-order valence-corrected chi connectivity index (χ0v) is 26.0. The van der Waals surface area contributed by atoms with Crippen LogP contribution in [0.1, 0.15) is 46.3 Å². The van der Waals surface area contributed by atoms with Gasteiger partial charge in [-0.1, -0.05) is 0 Å². The maximum absolute atomic E-state index is 15.7. The highest BCUT2D eigenvalue weighted by molar-refractivity contribution is 5.85. The third-order valence-corrected chi connectivity index (χ3v) is 8.54. The largest absolute Gasteiger partial charge is 0.481 e. The zero-order chi connectivity index (χ0) is 35.4. The predicted molar refractivity (Wildman–Crippen MR) is 162 cm³/mol. The number of amides is 1. The van der Waals surface area contributed by atoms with Gasteiger partial charge >= 0.3 is 12.1 Å². The molecule has 4 aromatic rings. The van der Waals surface area contributed by atoms with Crippen LogP contribution in [0.5, 0.6) is 11.6 Å². The lowest BCUT2D eigenvalue weighted by Gasteiger charge is -2.34. The van der Waals surface area contributed by atoms with Crippen LogP contribution in [0.2, 0.25) is 0 Å². The van der Waals surface area contributed by atoms with Gasteiger partial charge < -0.3 is 15.2 Å². The van der Waals surface area contributed by atoms with Crippen molar-refractivity contribution in [2.45, 2.75) is 44.2 Å². The first kappa shape index (κ1) is 33.8. The molecule has 1 fully saturated rings. The number of nitrogens with one attached hydrogen (secondary N) is 1. The Labute approximate surface area is 274 Å². The summed E-state index contributed by atoms with van der Waals surface area (Å²) in [5, 5.41) is 16.5. The quantitative estimate of drug-likeness (QED) is 0.271. The topological polar surface area (TPSA) is 119 Å². The number of carboxylic acids is 1. The Morgan fingerprint density at radius 1 is 1.08 bits per heavy atom. The first-order valence-electron chi connectivity index (χ1n) is 15.1. The van der Waals surface area contributed by atoms with E-state index in [9.17, 15) is 37.1 Å². The van der Waals surface area contributed by atoms with E-state index in [2.05, 4.69) is 10.4 Å². The van der Waals surface area contributed by atoms with Crippen molar-refractivity contribution < 1.29 is 45.8 Å². The Bertz CT molecular complexity index is 2020. The van der Waals surface area contributed by atoms with Gasteiger partial charge in [-0.2, -0.15) is 13.2 Å². The fraction of sp³-hybridized carbons (Fsp3) is 0.333. The van der Waals surface area contributed by atoms with Crippen molar-refractivity contribution in [3.8, 4) is 22.8 Å². The summed E-state index contributed by atoms with van der Waals surface area (Å²) in [5.41, 5.74) is -3.03. The van der Waals surface area contributed by atoms with Crippen LogP contribution < -0.4 is 15.6 Å². The van der Waals surface area contributed by atoms with Gasteiger partial charge in [0.1, 0.15) is 29.6 Å². The van der Waals surface area contributed by atoms with Crippen LogP contribution in [-0.2, 0) is 29.2 Å². The molecule has 0 aliphatic carbocycles. The van der Waals surface area contributed by atoms with Gasteiger partial charge in [-0.05, 0) is 60.4 Å². The molecule has 2 aliphatic rings. The molecule has 258 valence electrons. The summed E-state index contributed by atoms with van der Waals surface area (Å²) >= 11 is 0. The number of carbonyl (C=O) groups excluding carboxylic acids is 1. The molecule has 6 rings (SSSR count). The van der Waals surface area contributed by atoms with E-state index in [0.717, 1.165) is 18.3 Å². The van der Waals surface area contributed by atoms with E-state index >= 15 is 8.78 Å². The molecular formula is C33H29F6N5O5. The number of hydrogen-bond donors (Lipinski definition) is 2. The Hall–Kier alpha value is -5.12. The normalized spacial score (nSPS) is 18.3. The van der Waals surface area contributed by atoms with E-state index in [1.807, 2.05) is 0 Å². The van der Waals surface area contributed by atoms with Crippen LogP contribution >= 0.6 is 0 Å². The number of likely N-dealkylation sites (tertiary alicyclic amines) is 1. The highest BCUT2D eigenvalue weighted by atomic mass is 19.4. The lowest BCUT2D eigenvalue weighted by Crippen LogP contribution is -2.49. The number of benzene rings is 2. The van der Waals surface area contributed by atoms with Crippen molar-refractivity contribution in [1.29, 1.82) is 0 Å². The van der Waals surface area contributed by atoms with Gasteiger partial charge in [0, 0.05) is 56.3 Å². The minimum atomic E-state index is -4.98. The second-order valence-electron chi connectivity index (χ2n) is 12.1. The molecule has 49 heavy (non-hydrogen) atoms. The molecule has 2 N–H and O–H groups in total. The number of fused-ring (bicyclic) bond motifs is 6. The number of pyridine rings is 1. The van der Waals surface area contributed by atoms with Gasteiger partial charge in [-0.15, -0.1) is 5.10 Å². The molecule has 4 heterocycles. The molecule has 2 aliphatic heterocycles.